The van der Waals surface area contributed by atoms with Crippen LogP contribution in [0, 0.1) is 0 Å². The molecular weight excluding hydrogens is 297 g/mol. The number of aryl methyl sites for hydroxylation is 1. The summed E-state index contributed by atoms with van der Waals surface area (Å²) >= 11 is 0. The Bertz CT molecular complexity index is 927. The Balaban J connectivity index is 2.53. The molecule has 0 radical (unpaired) electrons. The summed E-state index contributed by atoms with van der Waals surface area (Å²) in [5.41, 5.74) is 11.0. The van der Waals surface area contributed by atoms with Crippen LogP contribution >= 0.6 is 0 Å². The summed E-state index contributed by atoms with van der Waals surface area (Å²) in [6.07, 6.45) is -1.78. The Kier molecular flexibility index (Phi) is 2.81. The Labute approximate surface area is 122 Å². The average molecular weight is 308 g/mol. The molecule has 0 atom stereocenters. The number of anilines is 1. The summed E-state index contributed by atoms with van der Waals surface area (Å²) in [6.45, 7) is 0. The number of nitrogens with zero attached hydrogens (tertiary/aromatic N) is 2. The summed E-state index contributed by atoms with van der Waals surface area (Å²) in [6, 6.07) is 1.87. The van der Waals surface area contributed by atoms with Crippen molar-refractivity contribution in [1.82, 2.24) is 9.55 Å². The number of carbonyl (C=O) groups is 1. The molecule has 22 heavy (non-hydrogen) atoms. The van der Waals surface area contributed by atoms with Crippen LogP contribution in [-0.4, -0.2) is 15.5 Å². The van der Waals surface area contributed by atoms with Crippen molar-refractivity contribution in [2.45, 2.75) is 6.18 Å². The van der Waals surface area contributed by atoms with E-state index in [9.17, 15) is 18.0 Å². The molecule has 0 aliphatic heterocycles. The Morgan fingerprint density at radius 3 is 2.55 bits per heavy atom. The van der Waals surface area contributed by atoms with Crippen LogP contribution in [-0.2, 0) is 13.2 Å². The van der Waals surface area contributed by atoms with Crippen molar-refractivity contribution in [2.75, 3.05) is 5.73 Å². The molecule has 1 amide bonds. The molecule has 0 saturated heterocycles. The number of fused-ring (bicyclic) bond motifs is 3. The number of alkyl halides is 3. The van der Waals surface area contributed by atoms with Crippen LogP contribution in [0.15, 0.2) is 24.5 Å². The highest BCUT2D eigenvalue weighted by atomic mass is 19.4. The second-order valence-corrected chi connectivity index (χ2v) is 4.96. The van der Waals surface area contributed by atoms with Gasteiger partial charge < -0.3 is 16.0 Å². The number of rotatable bonds is 1. The maximum atomic E-state index is 12.9. The zero-order chi connectivity index (χ0) is 16.2. The van der Waals surface area contributed by atoms with Gasteiger partial charge in [-0.1, -0.05) is 0 Å². The van der Waals surface area contributed by atoms with E-state index in [1.807, 2.05) is 0 Å². The lowest BCUT2D eigenvalue weighted by Crippen LogP contribution is -2.12. The minimum atomic E-state index is -4.51. The fourth-order valence-electron chi connectivity index (χ4n) is 2.67. The molecule has 0 unspecified atom stereocenters. The van der Waals surface area contributed by atoms with Crippen molar-refractivity contribution >= 4 is 33.4 Å². The van der Waals surface area contributed by atoms with Crippen LogP contribution in [0.25, 0.3) is 21.8 Å². The van der Waals surface area contributed by atoms with E-state index in [1.54, 1.807) is 7.05 Å². The van der Waals surface area contributed by atoms with Gasteiger partial charge in [0.2, 0.25) is 0 Å². The molecule has 0 bridgehead atoms. The summed E-state index contributed by atoms with van der Waals surface area (Å²) in [7, 11) is 1.55. The maximum Gasteiger partial charge on any atom is 0.416 e. The van der Waals surface area contributed by atoms with E-state index in [2.05, 4.69) is 4.98 Å². The molecule has 8 heteroatoms. The third kappa shape index (κ3) is 1.87. The fraction of sp³-hybridized carbons (Fsp3) is 0.143. The van der Waals surface area contributed by atoms with Crippen molar-refractivity contribution in [3.8, 4) is 0 Å². The number of amides is 1. The van der Waals surface area contributed by atoms with Crippen LogP contribution in [0.3, 0.4) is 0 Å². The Morgan fingerprint density at radius 1 is 1.27 bits per heavy atom. The number of hydrogen-bond acceptors (Lipinski definition) is 3. The van der Waals surface area contributed by atoms with Crippen molar-refractivity contribution < 1.29 is 18.0 Å². The van der Waals surface area contributed by atoms with Crippen LogP contribution in [0.5, 0.6) is 0 Å². The van der Waals surface area contributed by atoms with Crippen LogP contribution in [0.4, 0.5) is 18.9 Å². The lowest BCUT2D eigenvalue weighted by molar-refractivity contribution is -0.137. The summed E-state index contributed by atoms with van der Waals surface area (Å²) in [5, 5.41) is 0.904. The molecular formula is C14H11F3N4O. The van der Waals surface area contributed by atoms with Gasteiger partial charge in [-0.05, 0) is 12.1 Å². The van der Waals surface area contributed by atoms with Gasteiger partial charge in [-0.2, -0.15) is 13.2 Å². The summed E-state index contributed by atoms with van der Waals surface area (Å²) in [4.78, 5) is 15.4. The number of primary amides is 1. The van der Waals surface area contributed by atoms with Gasteiger partial charge >= 0.3 is 6.18 Å². The maximum absolute atomic E-state index is 12.9. The lowest BCUT2D eigenvalue weighted by atomic mass is 10.1. The number of halogens is 3. The molecule has 0 spiro atoms. The third-order valence-electron chi connectivity index (χ3n) is 3.62. The first-order valence-electron chi connectivity index (χ1n) is 6.24. The minimum absolute atomic E-state index is 0.0288. The topological polar surface area (TPSA) is 86.9 Å². The lowest BCUT2D eigenvalue weighted by Gasteiger charge is -2.09. The predicted molar refractivity (Wildman–Crippen MR) is 76.2 cm³/mol. The predicted octanol–water partition coefficient (Wildman–Crippen LogP) is 2.43. The molecule has 0 saturated carbocycles. The number of nitrogen functional groups attached to an aromatic ring is 1. The SMILES string of the molecule is Cn1c2cc(C(F)(F)F)cc(N)c2c2cncc(C(N)=O)c21. The van der Waals surface area contributed by atoms with Crippen molar-refractivity contribution in [3.05, 3.63) is 35.7 Å². The van der Waals surface area contributed by atoms with Crippen molar-refractivity contribution in [1.29, 1.82) is 0 Å². The second kappa shape index (κ2) is 4.36. The zero-order valence-corrected chi connectivity index (χ0v) is 11.4. The van der Waals surface area contributed by atoms with E-state index in [0.717, 1.165) is 12.1 Å². The molecule has 4 N–H and O–H groups in total. The van der Waals surface area contributed by atoms with E-state index in [1.165, 1.54) is 17.0 Å². The first-order chi connectivity index (χ1) is 10.2. The highest BCUT2D eigenvalue weighted by molar-refractivity contribution is 6.18. The molecule has 0 aliphatic rings. The van der Waals surface area contributed by atoms with Gasteiger partial charge in [0.25, 0.3) is 5.91 Å². The smallest absolute Gasteiger partial charge is 0.398 e. The van der Waals surface area contributed by atoms with Gasteiger partial charge in [0.1, 0.15) is 0 Å². The quantitative estimate of drug-likeness (QED) is 0.677. The largest absolute Gasteiger partial charge is 0.416 e. The fourth-order valence-corrected chi connectivity index (χ4v) is 2.67. The minimum Gasteiger partial charge on any atom is -0.398 e. The molecule has 0 aliphatic carbocycles. The molecule has 2 heterocycles. The van der Waals surface area contributed by atoms with Gasteiger partial charge in [-0.25, -0.2) is 0 Å². The average Bonchev–Trinajstić information content (AvgIpc) is 2.72. The molecule has 2 aromatic heterocycles. The van der Waals surface area contributed by atoms with Gasteiger partial charge in [-0.3, -0.25) is 9.78 Å². The second-order valence-electron chi connectivity index (χ2n) is 4.96. The normalized spacial score (nSPS) is 12.2. The Hall–Kier alpha value is -2.77. The number of nitrogens with two attached hydrogens (primary N) is 2. The molecule has 0 fully saturated rings. The molecule has 1 aromatic carbocycles. The number of hydrogen-bond donors (Lipinski definition) is 2. The molecule has 3 aromatic rings. The number of pyridine rings is 1. The van der Waals surface area contributed by atoms with Crippen molar-refractivity contribution in [3.63, 3.8) is 0 Å². The van der Waals surface area contributed by atoms with E-state index in [-0.39, 0.29) is 16.8 Å². The van der Waals surface area contributed by atoms with Crippen molar-refractivity contribution in [2.24, 2.45) is 12.8 Å². The molecule has 5 nitrogen and oxygen atoms in total. The van der Waals surface area contributed by atoms with E-state index < -0.39 is 17.6 Å². The van der Waals surface area contributed by atoms with Gasteiger partial charge in [0.05, 0.1) is 22.2 Å². The standard InChI is InChI=1S/C14H11F3N4O/c1-21-10-3-6(14(15,16)17)2-9(18)11(10)7-4-20-5-8(12(7)21)13(19)22/h2-5H,18H2,1H3,(H2,19,22). The van der Waals surface area contributed by atoms with Gasteiger partial charge in [-0.15, -0.1) is 0 Å². The van der Waals surface area contributed by atoms with Gasteiger partial charge in [0, 0.05) is 35.9 Å². The van der Waals surface area contributed by atoms with E-state index >= 15 is 0 Å². The zero-order valence-electron chi connectivity index (χ0n) is 11.4. The first kappa shape index (κ1) is 14.2. The highest BCUT2D eigenvalue weighted by Gasteiger charge is 2.32. The number of benzene rings is 1. The number of aromatic nitrogens is 2. The number of carbonyl (C=O) groups excluding carboxylic acids is 1. The summed E-state index contributed by atoms with van der Waals surface area (Å²) < 4.78 is 40.3. The first-order valence-corrected chi connectivity index (χ1v) is 6.24. The monoisotopic (exact) mass is 308 g/mol. The third-order valence-corrected chi connectivity index (χ3v) is 3.62. The van der Waals surface area contributed by atoms with Crippen LogP contribution in [0.1, 0.15) is 15.9 Å². The molecule has 114 valence electrons. The van der Waals surface area contributed by atoms with E-state index in [0.29, 0.717) is 16.3 Å². The van der Waals surface area contributed by atoms with Crippen LogP contribution in [0.2, 0.25) is 0 Å². The highest BCUT2D eigenvalue weighted by Crippen LogP contribution is 2.38. The summed E-state index contributed by atoms with van der Waals surface area (Å²) in [5.74, 6) is -0.710. The Morgan fingerprint density at radius 2 is 1.95 bits per heavy atom. The van der Waals surface area contributed by atoms with Gasteiger partial charge in [0.15, 0.2) is 0 Å². The molecule has 3 rings (SSSR count). The van der Waals surface area contributed by atoms with E-state index in [4.69, 9.17) is 11.5 Å². The van der Waals surface area contributed by atoms with Crippen LogP contribution < -0.4 is 11.5 Å².